The van der Waals surface area contributed by atoms with Crippen molar-refractivity contribution in [2.24, 2.45) is 0 Å². The molecule has 8 heteroatoms. The minimum Gasteiger partial charge on any atom is -0.398 e. The Hall–Kier alpha value is -4.12. The topological polar surface area (TPSA) is 128 Å². The lowest BCUT2D eigenvalue weighted by molar-refractivity contribution is 1.09. The van der Waals surface area contributed by atoms with Crippen molar-refractivity contribution in [3.63, 3.8) is 0 Å². The molecule has 26 heavy (non-hydrogen) atoms. The zero-order chi connectivity index (χ0) is 17.9. The summed E-state index contributed by atoms with van der Waals surface area (Å²) in [7, 11) is 0. The lowest BCUT2D eigenvalue weighted by Gasteiger charge is -2.11. The van der Waals surface area contributed by atoms with Gasteiger partial charge >= 0.3 is 0 Å². The number of rotatable bonds is 4. The Morgan fingerprint density at radius 3 is 2.73 bits per heavy atom. The van der Waals surface area contributed by atoms with Gasteiger partial charge in [-0.05, 0) is 30.3 Å². The average molecular weight is 342 g/mol. The molecular formula is C18H14N8. The van der Waals surface area contributed by atoms with Crippen LogP contribution in [0.1, 0.15) is 5.56 Å². The van der Waals surface area contributed by atoms with Gasteiger partial charge in [-0.2, -0.15) is 15.3 Å². The summed E-state index contributed by atoms with van der Waals surface area (Å²) in [6.45, 7) is 0. The molecule has 0 fully saturated rings. The van der Waals surface area contributed by atoms with Gasteiger partial charge in [0.25, 0.3) is 0 Å². The van der Waals surface area contributed by atoms with Gasteiger partial charge in [-0.25, -0.2) is 4.98 Å². The normalized spacial score (nSPS) is 10.4. The fraction of sp³-hybridized carbons (Fsp3) is 0. The third-order valence-corrected chi connectivity index (χ3v) is 3.79. The number of anilines is 5. The Bertz CT molecular complexity index is 1110. The summed E-state index contributed by atoms with van der Waals surface area (Å²) in [6.07, 6.45) is 1.66. The first-order valence-electron chi connectivity index (χ1n) is 7.83. The van der Waals surface area contributed by atoms with Crippen LogP contribution in [0.2, 0.25) is 0 Å². The summed E-state index contributed by atoms with van der Waals surface area (Å²) in [6, 6.07) is 16.7. The first-order chi connectivity index (χ1) is 12.7. The molecule has 0 amide bonds. The van der Waals surface area contributed by atoms with Gasteiger partial charge < -0.3 is 16.4 Å². The molecule has 0 saturated carbocycles. The van der Waals surface area contributed by atoms with E-state index in [4.69, 9.17) is 11.0 Å². The van der Waals surface area contributed by atoms with Crippen LogP contribution in [0, 0.1) is 11.3 Å². The number of para-hydroxylation sites is 1. The maximum absolute atomic E-state index is 9.13. The summed E-state index contributed by atoms with van der Waals surface area (Å²) < 4.78 is 0. The largest absolute Gasteiger partial charge is 0.398 e. The van der Waals surface area contributed by atoms with Crippen LogP contribution in [0.5, 0.6) is 0 Å². The molecule has 8 nitrogen and oxygen atoms in total. The Kier molecular flexibility index (Phi) is 3.80. The minimum atomic E-state index is 0.395. The molecule has 0 bridgehead atoms. The number of aromatic amines is 1. The highest BCUT2D eigenvalue weighted by molar-refractivity contribution is 5.91. The molecule has 0 aliphatic rings. The van der Waals surface area contributed by atoms with Crippen LogP contribution in [0.4, 0.5) is 29.0 Å². The second-order valence-electron chi connectivity index (χ2n) is 5.55. The predicted molar refractivity (Wildman–Crippen MR) is 100 cm³/mol. The van der Waals surface area contributed by atoms with E-state index in [-0.39, 0.29) is 0 Å². The smallest absolute Gasteiger partial charge is 0.229 e. The Balaban J connectivity index is 1.75. The average Bonchev–Trinajstić information content (AvgIpc) is 3.16. The van der Waals surface area contributed by atoms with E-state index in [9.17, 15) is 0 Å². The van der Waals surface area contributed by atoms with E-state index in [1.54, 1.807) is 24.4 Å². The van der Waals surface area contributed by atoms with E-state index in [0.717, 1.165) is 16.7 Å². The van der Waals surface area contributed by atoms with Crippen molar-refractivity contribution in [2.45, 2.75) is 0 Å². The third kappa shape index (κ3) is 2.97. The van der Waals surface area contributed by atoms with Crippen LogP contribution >= 0.6 is 0 Å². The summed E-state index contributed by atoms with van der Waals surface area (Å²) in [5.74, 6) is 1.76. The van der Waals surface area contributed by atoms with Gasteiger partial charge in [-0.15, -0.1) is 0 Å². The van der Waals surface area contributed by atoms with Gasteiger partial charge in [0.05, 0.1) is 17.3 Å². The van der Waals surface area contributed by atoms with E-state index in [1.165, 1.54) is 0 Å². The van der Waals surface area contributed by atoms with Crippen molar-refractivity contribution >= 4 is 39.9 Å². The summed E-state index contributed by atoms with van der Waals surface area (Å²) >= 11 is 0. The maximum Gasteiger partial charge on any atom is 0.229 e. The van der Waals surface area contributed by atoms with Crippen LogP contribution in [-0.4, -0.2) is 20.2 Å². The van der Waals surface area contributed by atoms with Crippen LogP contribution in [0.15, 0.2) is 54.7 Å². The summed E-state index contributed by atoms with van der Waals surface area (Å²) in [4.78, 5) is 9.09. The number of H-pyrrole nitrogens is 1. The molecule has 4 aromatic rings. The predicted octanol–water partition coefficient (Wildman–Crippen LogP) is 3.29. The van der Waals surface area contributed by atoms with Gasteiger partial charge in [0.15, 0.2) is 0 Å². The number of hydrogen-bond donors (Lipinski definition) is 4. The zero-order valence-corrected chi connectivity index (χ0v) is 13.6. The number of fused-ring (bicyclic) bond motifs is 1. The highest BCUT2D eigenvalue weighted by Crippen LogP contribution is 2.26. The maximum atomic E-state index is 9.13. The SMILES string of the molecule is N#Cc1cc(Nc2nc(Nc3ccn[nH]3)c3ccccc3n2)ccc1N. The molecule has 4 rings (SSSR count). The highest BCUT2D eigenvalue weighted by atomic mass is 15.2. The molecule has 0 spiro atoms. The monoisotopic (exact) mass is 342 g/mol. The fourth-order valence-corrected chi connectivity index (χ4v) is 2.54. The van der Waals surface area contributed by atoms with Crippen molar-refractivity contribution in [1.82, 2.24) is 20.2 Å². The number of benzene rings is 2. The molecule has 0 saturated heterocycles. The standard InChI is InChI=1S/C18H14N8/c19-10-11-9-12(5-6-14(11)20)22-18-23-15-4-2-1-3-13(15)17(25-18)24-16-7-8-21-26-16/h1-9H,20H2,(H3,21,22,23,24,25,26). The fourth-order valence-electron chi connectivity index (χ4n) is 2.54. The van der Waals surface area contributed by atoms with Gasteiger partial charge in [-0.3, -0.25) is 5.10 Å². The van der Waals surface area contributed by atoms with E-state index < -0.39 is 0 Å². The second-order valence-corrected chi connectivity index (χ2v) is 5.55. The van der Waals surface area contributed by atoms with E-state index in [1.807, 2.05) is 30.3 Å². The molecule has 0 aliphatic heterocycles. The molecule has 2 aromatic carbocycles. The van der Waals surface area contributed by atoms with Crippen molar-refractivity contribution in [1.29, 1.82) is 5.26 Å². The number of nitrogens with one attached hydrogen (secondary N) is 3. The molecule has 5 N–H and O–H groups in total. The molecule has 2 heterocycles. The van der Waals surface area contributed by atoms with E-state index >= 15 is 0 Å². The number of aromatic nitrogens is 4. The Morgan fingerprint density at radius 2 is 1.92 bits per heavy atom. The second kappa shape index (κ2) is 6.41. The molecule has 0 radical (unpaired) electrons. The summed E-state index contributed by atoms with van der Waals surface area (Å²) in [5, 5.41) is 23.1. The molecule has 0 aliphatic carbocycles. The molecule has 0 atom stereocenters. The van der Waals surface area contributed by atoms with Crippen LogP contribution in [0.25, 0.3) is 10.9 Å². The van der Waals surface area contributed by atoms with Gasteiger partial charge in [-0.1, -0.05) is 12.1 Å². The lowest BCUT2D eigenvalue weighted by atomic mass is 10.2. The quantitative estimate of drug-likeness (QED) is 0.419. The number of hydrogen-bond acceptors (Lipinski definition) is 7. The Labute approximate surface area is 148 Å². The van der Waals surface area contributed by atoms with Crippen molar-refractivity contribution in [2.75, 3.05) is 16.4 Å². The first-order valence-corrected chi connectivity index (χ1v) is 7.83. The third-order valence-electron chi connectivity index (χ3n) is 3.79. The van der Waals surface area contributed by atoms with Gasteiger partial charge in [0.2, 0.25) is 5.95 Å². The lowest BCUT2D eigenvalue weighted by Crippen LogP contribution is -2.03. The van der Waals surface area contributed by atoms with Gasteiger partial charge in [0, 0.05) is 22.8 Å². The van der Waals surface area contributed by atoms with E-state index in [2.05, 4.69) is 36.9 Å². The molecule has 126 valence electrons. The van der Waals surface area contributed by atoms with Crippen molar-refractivity contribution < 1.29 is 0 Å². The van der Waals surface area contributed by atoms with Crippen LogP contribution < -0.4 is 16.4 Å². The number of nitrogen functional groups attached to an aromatic ring is 1. The zero-order valence-electron chi connectivity index (χ0n) is 13.6. The van der Waals surface area contributed by atoms with Crippen LogP contribution in [-0.2, 0) is 0 Å². The first kappa shape index (κ1) is 15.4. The van der Waals surface area contributed by atoms with Crippen LogP contribution in [0.3, 0.4) is 0 Å². The summed E-state index contributed by atoms with van der Waals surface area (Å²) in [5.41, 5.74) is 8.05. The molecular weight excluding hydrogens is 328 g/mol. The van der Waals surface area contributed by atoms with Crippen molar-refractivity contribution in [3.05, 3.63) is 60.3 Å². The number of nitrogens with two attached hydrogens (primary N) is 1. The number of nitrogens with zero attached hydrogens (tertiary/aromatic N) is 4. The molecule has 0 unspecified atom stereocenters. The number of nitriles is 1. The highest BCUT2D eigenvalue weighted by Gasteiger charge is 2.09. The minimum absolute atomic E-state index is 0.395. The van der Waals surface area contributed by atoms with Crippen molar-refractivity contribution in [3.8, 4) is 6.07 Å². The molecule has 2 aromatic heterocycles. The Morgan fingerprint density at radius 1 is 1.04 bits per heavy atom. The van der Waals surface area contributed by atoms with E-state index in [0.29, 0.717) is 28.7 Å². The van der Waals surface area contributed by atoms with Gasteiger partial charge in [0.1, 0.15) is 17.7 Å².